The smallest absolute Gasteiger partial charge is 0.319 e. The Morgan fingerprint density at radius 1 is 1.32 bits per heavy atom. The minimum Gasteiger partial charge on any atom is -0.319 e. The molecule has 1 heterocycles. The monoisotopic (exact) mass is 288 g/mol. The molecular weight excluding hydrogens is 281 g/mol. The fourth-order valence-corrected chi connectivity index (χ4v) is 1.91. The van der Waals surface area contributed by atoms with Crippen molar-refractivity contribution in [1.29, 1.82) is 0 Å². The van der Waals surface area contributed by atoms with Crippen molar-refractivity contribution >= 4 is 23.4 Å². The molecule has 2 N–H and O–H groups in total. The molecule has 0 atom stereocenters. The number of nitrogens with zero attached hydrogens (tertiary/aromatic N) is 2. The van der Waals surface area contributed by atoms with Gasteiger partial charge in [0, 0.05) is 4.90 Å². The van der Waals surface area contributed by atoms with Gasteiger partial charge in [0.2, 0.25) is 0 Å². The van der Waals surface area contributed by atoms with Crippen molar-refractivity contribution in [3.05, 3.63) is 36.2 Å². The van der Waals surface area contributed by atoms with Crippen LogP contribution in [0.25, 0.3) is 0 Å². The minimum atomic E-state index is -4.42. The van der Waals surface area contributed by atoms with E-state index >= 15 is 0 Å². The van der Waals surface area contributed by atoms with Crippen LogP contribution >= 0.6 is 11.8 Å². The Morgan fingerprint density at radius 2 is 2.05 bits per heavy atom. The molecule has 0 aliphatic carbocycles. The summed E-state index contributed by atoms with van der Waals surface area (Å²) in [5, 5.41) is 11.6. The largest absolute Gasteiger partial charge is 0.446 e. The van der Waals surface area contributed by atoms with E-state index in [9.17, 15) is 18.0 Å². The second-order valence-electron chi connectivity index (χ2n) is 3.35. The van der Waals surface area contributed by atoms with Crippen LogP contribution in [0.4, 0.5) is 18.9 Å². The average molecular weight is 288 g/mol. The molecule has 1 aromatic heterocycles. The first-order chi connectivity index (χ1) is 8.96. The number of rotatable bonds is 3. The Morgan fingerprint density at radius 3 is 2.68 bits per heavy atom. The SMILES string of the molecule is O=C(Nc1ccccc1SC(F)(F)F)c1cn[nH]n1. The number of carbonyl (C=O) groups is 1. The van der Waals surface area contributed by atoms with Gasteiger partial charge in [-0.25, -0.2) is 0 Å². The van der Waals surface area contributed by atoms with Crippen molar-refractivity contribution in [1.82, 2.24) is 15.4 Å². The highest BCUT2D eigenvalue weighted by atomic mass is 32.2. The maximum absolute atomic E-state index is 12.4. The number of amides is 1. The predicted molar refractivity (Wildman–Crippen MR) is 62.7 cm³/mol. The number of hydrogen-bond acceptors (Lipinski definition) is 4. The first-order valence-electron chi connectivity index (χ1n) is 4.97. The van der Waals surface area contributed by atoms with Gasteiger partial charge in [-0.05, 0) is 23.9 Å². The number of halogens is 3. The van der Waals surface area contributed by atoms with Crippen LogP contribution in [0.15, 0.2) is 35.4 Å². The average Bonchev–Trinajstić information content (AvgIpc) is 2.83. The van der Waals surface area contributed by atoms with Crippen molar-refractivity contribution in [2.24, 2.45) is 0 Å². The van der Waals surface area contributed by atoms with Gasteiger partial charge in [-0.1, -0.05) is 12.1 Å². The number of aromatic nitrogens is 3. The minimum absolute atomic E-state index is 0.00758. The van der Waals surface area contributed by atoms with E-state index in [-0.39, 0.29) is 28.0 Å². The zero-order valence-corrected chi connectivity index (χ0v) is 10.0. The molecule has 0 bridgehead atoms. The van der Waals surface area contributed by atoms with Crippen LogP contribution < -0.4 is 5.32 Å². The Labute approximate surface area is 109 Å². The van der Waals surface area contributed by atoms with Crippen molar-refractivity contribution < 1.29 is 18.0 Å². The van der Waals surface area contributed by atoms with Gasteiger partial charge in [0.1, 0.15) is 0 Å². The van der Waals surface area contributed by atoms with Gasteiger partial charge in [-0.15, -0.1) is 0 Å². The third kappa shape index (κ3) is 3.71. The highest BCUT2D eigenvalue weighted by Crippen LogP contribution is 2.40. The van der Waals surface area contributed by atoms with Crippen molar-refractivity contribution in [2.45, 2.75) is 10.4 Å². The van der Waals surface area contributed by atoms with E-state index in [2.05, 4.69) is 20.7 Å². The molecule has 0 spiro atoms. The summed E-state index contributed by atoms with van der Waals surface area (Å²) in [6.45, 7) is 0. The summed E-state index contributed by atoms with van der Waals surface area (Å²) in [6.07, 6.45) is 1.18. The molecule has 0 aliphatic heterocycles. The molecule has 0 radical (unpaired) electrons. The topological polar surface area (TPSA) is 70.7 Å². The quantitative estimate of drug-likeness (QED) is 0.852. The Bertz CT molecular complexity index is 570. The Balaban J connectivity index is 2.18. The summed E-state index contributed by atoms with van der Waals surface area (Å²) < 4.78 is 37.1. The van der Waals surface area contributed by atoms with Gasteiger partial charge in [-0.2, -0.15) is 28.6 Å². The van der Waals surface area contributed by atoms with Gasteiger partial charge in [0.15, 0.2) is 5.69 Å². The number of carbonyl (C=O) groups excluding carboxylic acids is 1. The molecule has 0 aliphatic rings. The van der Waals surface area contributed by atoms with Crippen LogP contribution in [0.1, 0.15) is 10.5 Å². The molecule has 19 heavy (non-hydrogen) atoms. The van der Waals surface area contributed by atoms with Gasteiger partial charge in [0.25, 0.3) is 5.91 Å². The third-order valence-corrected chi connectivity index (χ3v) is 2.82. The fraction of sp³-hybridized carbons (Fsp3) is 0.100. The van der Waals surface area contributed by atoms with E-state index in [0.29, 0.717) is 0 Å². The lowest BCUT2D eigenvalue weighted by Crippen LogP contribution is -2.13. The lowest BCUT2D eigenvalue weighted by atomic mass is 10.3. The molecule has 1 aromatic carbocycles. The van der Waals surface area contributed by atoms with Crippen LogP contribution in [-0.2, 0) is 0 Å². The van der Waals surface area contributed by atoms with Gasteiger partial charge < -0.3 is 5.32 Å². The van der Waals surface area contributed by atoms with E-state index in [0.717, 1.165) is 0 Å². The number of aromatic amines is 1. The standard InChI is InChI=1S/C10H7F3N4OS/c11-10(12,13)19-8-4-2-1-3-6(8)15-9(18)7-5-14-17-16-7/h1-5H,(H,15,18)(H,14,16,17). The summed E-state index contributed by atoms with van der Waals surface area (Å²) >= 11 is -0.292. The number of benzene rings is 1. The number of H-pyrrole nitrogens is 1. The van der Waals surface area contributed by atoms with Gasteiger partial charge >= 0.3 is 5.51 Å². The van der Waals surface area contributed by atoms with E-state index < -0.39 is 11.4 Å². The molecular formula is C10H7F3N4OS. The third-order valence-electron chi connectivity index (χ3n) is 2.01. The molecule has 0 fully saturated rings. The van der Waals surface area contributed by atoms with Crippen LogP contribution in [0.2, 0.25) is 0 Å². The maximum atomic E-state index is 12.4. The van der Waals surface area contributed by atoms with Crippen LogP contribution in [0.3, 0.4) is 0 Å². The summed E-state index contributed by atoms with van der Waals surface area (Å²) in [5.74, 6) is -0.635. The summed E-state index contributed by atoms with van der Waals surface area (Å²) in [7, 11) is 0. The predicted octanol–water partition coefficient (Wildman–Crippen LogP) is 2.67. The van der Waals surface area contributed by atoms with Crippen LogP contribution in [0.5, 0.6) is 0 Å². The van der Waals surface area contributed by atoms with Gasteiger partial charge in [-0.3, -0.25) is 4.79 Å². The first-order valence-corrected chi connectivity index (χ1v) is 5.79. The zero-order valence-electron chi connectivity index (χ0n) is 9.23. The van der Waals surface area contributed by atoms with E-state index in [1.165, 1.54) is 30.5 Å². The number of thioether (sulfide) groups is 1. The highest BCUT2D eigenvalue weighted by molar-refractivity contribution is 8.00. The number of alkyl halides is 3. The van der Waals surface area contributed by atoms with Crippen LogP contribution in [-0.4, -0.2) is 26.8 Å². The van der Waals surface area contributed by atoms with E-state index in [4.69, 9.17) is 0 Å². The second-order valence-corrected chi connectivity index (χ2v) is 4.46. The Hall–Kier alpha value is -2.03. The van der Waals surface area contributed by atoms with Crippen LogP contribution in [0, 0.1) is 0 Å². The van der Waals surface area contributed by atoms with Crippen molar-refractivity contribution in [3.8, 4) is 0 Å². The number of hydrogen-bond donors (Lipinski definition) is 2. The highest BCUT2D eigenvalue weighted by Gasteiger charge is 2.30. The molecule has 0 saturated heterocycles. The summed E-state index contributed by atoms with van der Waals surface area (Å²) in [5.41, 5.74) is -4.36. The zero-order chi connectivity index (χ0) is 13.9. The van der Waals surface area contributed by atoms with Crippen molar-refractivity contribution in [3.63, 3.8) is 0 Å². The van der Waals surface area contributed by atoms with E-state index in [1.54, 1.807) is 0 Å². The molecule has 0 unspecified atom stereocenters. The lowest BCUT2D eigenvalue weighted by Gasteiger charge is -2.11. The first kappa shape index (κ1) is 13.4. The van der Waals surface area contributed by atoms with Crippen molar-refractivity contribution in [2.75, 3.05) is 5.32 Å². The molecule has 0 saturated carbocycles. The number of nitrogens with one attached hydrogen (secondary N) is 2. The fourth-order valence-electron chi connectivity index (χ4n) is 1.28. The number of anilines is 1. The number of para-hydroxylation sites is 1. The summed E-state index contributed by atoms with van der Waals surface area (Å²) in [4.78, 5) is 11.6. The maximum Gasteiger partial charge on any atom is 0.446 e. The Kier molecular flexibility index (Phi) is 3.74. The molecule has 2 rings (SSSR count). The molecule has 2 aromatic rings. The lowest BCUT2D eigenvalue weighted by molar-refractivity contribution is -0.0328. The second kappa shape index (κ2) is 5.31. The summed E-state index contributed by atoms with van der Waals surface area (Å²) in [6, 6.07) is 5.64. The van der Waals surface area contributed by atoms with Gasteiger partial charge in [0.05, 0.1) is 11.9 Å². The molecule has 9 heteroatoms. The van der Waals surface area contributed by atoms with E-state index in [1.807, 2.05) is 0 Å². The molecule has 5 nitrogen and oxygen atoms in total. The molecule has 1 amide bonds. The molecule has 100 valence electrons. The normalized spacial score (nSPS) is 11.3.